The van der Waals surface area contributed by atoms with Crippen LogP contribution in [-0.4, -0.2) is 31.7 Å². The lowest BCUT2D eigenvalue weighted by Crippen LogP contribution is -2.41. The van der Waals surface area contributed by atoms with Crippen molar-refractivity contribution in [2.24, 2.45) is 4.99 Å². The van der Waals surface area contributed by atoms with Crippen molar-refractivity contribution in [1.82, 2.24) is 10.6 Å². The summed E-state index contributed by atoms with van der Waals surface area (Å²) in [7, 11) is 0. The summed E-state index contributed by atoms with van der Waals surface area (Å²) in [5, 5.41) is 6.50. The number of aryl methyl sites for hydroxylation is 2. The molecule has 1 aromatic carbocycles. The summed E-state index contributed by atoms with van der Waals surface area (Å²) in [5.41, 5.74) is 2.34. The highest BCUT2D eigenvalue weighted by atomic mass is 127. The maximum absolute atomic E-state index is 5.84. The number of benzene rings is 1. The Labute approximate surface area is 145 Å². The molecule has 0 aliphatic heterocycles. The van der Waals surface area contributed by atoms with Gasteiger partial charge >= 0.3 is 0 Å². The molecule has 0 radical (unpaired) electrons. The number of nitrogens with one attached hydrogen (secondary N) is 2. The highest BCUT2D eigenvalue weighted by Crippen LogP contribution is 2.21. The SMILES string of the molecule is CCNC(=NCCOc1c(C)cccc1C)NC(C)C.I. The van der Waals surface area contributed by atoms with Gasteiger partial charge in [0.2, 0.25) is 0 Å². The van der Waals surface area contributed by atoms with E-state index in [0.29, 0.717) is 19.2 Å². The molecule has 0 aliphatic rings. The van der Waals surface area contributed by atoms with E-state index in [-0.39, 0.29) is 24.0 Å². The summed E-state index contributed by atoms with van der Waals surface area (Å²) in [4.78, 5) is 4.50. The van der Waals surface area contributed by atoms with E-state index in [1.54, 1.807) is 0 Å². The number of hydrogen-bond acceptors (Lipinski definition) is 2. The minimum absolute atomic E-state index is 0. The van der Waals surface area contributed by atoms with Gasteiger partial charge in [0.25, 0.3) is 0 Å². The summed E-state index contributed by atoms with van der Waals surface area (Å²) in [6, 6.07) is 6.55. The molecule has 0 aliphatic carbocycles. The Bertz CT molecular complexity index is 427. The first kappa shape index (κ1) is 20.0. The zero-order valence-corrected chi connectivity index (χ0v) is 16.0. The third kappa shape index (κ3) is 7.55. The van der Waals surface area contributed by atoms with Gasteiger partial charge in [0.15, 0.2) is 5.96 Å². The monoisotopic (exact) mass is 405 g/mol. The molecule has 5 heteroatoms. The quantitative estimate of drug-likeness (QED) is 0.331. The van der Waals surface area contributed by atoms with E-state index in [4.69, 9.17) is 4.74 Å². The maximum atomic E-state index is 5.84. The van der Waals surface area contributed by atoms with Crippen LogP contribution < -0.4 is 15.4 Å². The molecule has 21 heavy (non-hydrogen) atoms. The third-order valence-electron chi connectivity index (χ3n) is 2.79. The molecule has 0 aromatic heterocycles. The molecule has 0 saturated heterocycles. The second-order valence-corrected chi connectivity index (χ2v) is 5.13. The fourth-order valence-electron chi connectivity index (χ4n) is 1.93. The fraction of sp³-hybridized carbons (Fsp3) is 0.562. The first-order chi connectivity index (χ1) is 9.54. The van der Waals surface area contributed by atoms with E-state index in [9.17, 15) is 0 Å². The lowest BCUT2D eigenvalue weighted by molar-refractivity contribution is 0.324. The highest BCUT2D eigenvalue weighted by Gasteiger charge is 2.03. The number of guanidine groups is 1. The number of hydrogen-bond donors (Lipinski definition) is 2. The van der Waals surface area contributed by atoms with E-state index in [2.05, 4.69) is 62.4 Å². The van der Waals surface area contributed by atoms with E-state index in [1.807, 2.05) is 6.07 Å². The van der Waals surface area contributed by atoms with Crippen LogP contribution in [-0.2, 0) is 0 Å². The molecule has 0 atom stereocenters. The molecule has 0 bridgehead atoms. The zero-order chi connectivity index (χ0) is 15.0. The van der Waals surface area contributed by atoms with Crippen molar-refractivity contribution in [1.29, 1.82) is 0 Å². The first-order valence-electron chi connectivity index (χ1n) is 7.28. The van der Waals surface area contributed by atoms with Gasteiger partial charge in [0, 0.05) is 12.6 Å². The van der Waals surface area contributed by atoms with Crippen LogP contribution in [0.5, 0.6) is 5.75 Å². The fourth-order valence-corrected chi connectivity index (χ4v) is 1.93. The normalized spacial score (nSPS) is 11.0. The zero-order valence-electron chi connectivity index (χ0n) is 13.7. The molecule has 120 valence electrons. The summed E-state index contributed by atoms with van der Waals surface area (Å²) >= 11 is 0. The molecule has 0 amide bonds. The summed E-state index contributed by atoms with van der Waals surface area (Å²) < 4.78 is 5.84. The summed E-state index contributed by atoms with van der Waals surface area (Å²) in [6.45, 7) is 12.5. The molecule has 1 rings (SSSR count). The molecule has 0 heterocycles. The van der Waals surface area contributed by atoms with Crippen LogP contribution in [0.15, 0.2) is 23.2 Å². The Morgan fingerprint density at radius 1 is 1.24 bits per heavy atom. The van der Waals surface area contributed by atoms with Gasteiger partial charge in [-0.15, -0.1) is 24.0 Å². The van der Waals surface area contributed by atoms with Crippen molar-refractivity contribution >= 4 is 29.9 Å². The molecular formula is C16H28IN3O. The predicted molar refractivity (Wildman–Crippen MR) is 101 cm³/mol. The number of nitrogens with zero attached hydrogens (tertiary/aromatic N) is 1. The minimum atomic E-state index is 0. The van der Waals surface area contributed by atoms with Gasteiger partial charge in [-0.3, -0.25) is 0 Å². The van der Waals surface area contributed by atoms with Crippen LogP contribution in [0.1, 0.15) is 31.9 Å². The highest BCUT2D eigenvalue weighted by molar-refractivity contribution is 14.0. The van der Waals surface area contributed by atoms with Crippen LogP contribution in [0.3, 0.4) is 0 Å². The van der Waals surface area contributed by atoms with E-state index >= 15 is 0 Å². The molecule has 0 spiro atoms. The second kappa shape index (κ2) is 10.7. The second-order valence-electron chi connectivity index (χ2n) is 5.13. The van der Waals surface area contributed by atoms with Crippen molar-refractivity contribution in [2.45, 2.75) is 40.7 Å². The van der Waals surface area contributed by atoms with Crippen molar-refractivity contribution < 1.29 is 4.74 Å². The van der Waals surface area contributed by atoms with Crippen molar-refractivity contribution in [2.75, 3.05) is 19.7 Å². The van der Waals surface area contributed by atoms with Crippen molar-refractivity contribution in [3.05, 3.63) is 29.3 Å². The van der Waals surface area contributed by atoms with Gasteiger partial charge in [-0.1, -0.05) is 18.2 Å². The molecule has 4 nitrogen and oxygen atoms in total. The smallest absolute Gasteiger partial charge is 0.191 e. The largest absolute Gasteiger partial charge is 0.491 e. The lowest BCUT2D eigenvalue weighted by Gasteiger charge is -2.14. The van der Waals surface area contributed by atoms with Crippen molar-refractivity contribution in [3.63, 3.8) is 0 Å². The number of ether oxygens (including phenoxy) is 1. The molecule has 0 saturated carbocycles. The van der Waals surface area contributed by atoms with Crippen LogP contribution in [0.4, 0.5) is 0 Å². The van der Waals surface area contributed by atoms with E-state index < -0.39 is 0 Å². The number of para-hydroxylation sites is 1. The first-order valence-corrected chi connectivity index (χ1v) is 7.28. The van der Waals surface area contributed by atoms with E-state index in [1.165, 1.54) is 11.1 Å². The van der Waals surface area contributed by atoms with Crippen LogP contribution in [0.2, 0.25) is 0 Å². The number of halogens is 1. The van der Waals surface area contributed by atoms with Crippen LogP contribution in [0, 0.1) is 13.8 Å². The number of rotatable bonds is 6. The molecule has 1 aromatic rings. The predicted octanol–water partition coefficient (Wildman–Crippen LogP) is 3.26. The Kier molecular flexibility index (Phi) is 10.2. The Hall–Kier alpha value is -0.980. The molecule has 0 fully saturated rings. The van der Waals surface area contributed by atoms with Crippen LogP contribution in [0.25, 0.3) is 0 Å². The molecular weight excluding hydrogens is 377 g/mol. The Morgan fingerprint density at radius 2 is 1.86 bits per heavy atom. The summed E-state index contributed by atoms with van der Waals surface area (Å²) in [6.07, 6.45) is 0. The third-order valence-corrected chi connectivity index (χ3v) is 2.79. The average Bonchev–Trinajstić information content (AvgIpc) is 2.36. The van der Waals surface area contributed by atoms with Gasteiger partial charge in [0.1, 0.15) is 12.4 Å². The van der Waals surface area contributed by atoms with Gasteiger partial charge in [-0.2, -0.15) is 0 Å². The average molecular weight is 405 g/mol. The maximum Gasteiger partial charge on any atom is 0.191 e. The number of aliphatic imine (C=N–C) groups is 1. The lowest BCUT2D eigenvalue weighted by atomic mass is 10.1. The minimum Gasteiger partial charge on any atom is -0.491 e. The summed E-state index contributed by atoms with van der Waals surface area (Å²) in [5.74, 6) is 1.82. The van der Waals surface area contributed by atoms with Gasteiger partial charge in [0.05, 0.1) is 6.54 Å². The van der Waals surface area contributed by atoms with Crippen molar-refractivity contribution in [3.8, 4) is 5.75 Å². The van der Waals surface area contributed by atoms with Crippen LogP contribution >= 0.6 is 24.0 Å². The van der Waals surface area contributed by atoms with Gasteiger partial charge in [-0.25, -0.2) is 4.99 Å². The van der Waals surface area contributed by atoms with Gasteiger partial charge in [-0.05, 0) is 45.7 Å². The Balaban J connectivity index is 0.00000400. The standard InChI is InChI=1S/C16H27N3O.HI/c1-6-17-16(19-12(2)3)18-10-11-20-15-13(4)8-7-9-14(15)5;/h7-9,12H,6,10-11H2,1-5H3,(H2,17,18,19);1H. The molecule has 2 N–H and O–H groups in total. The van der Waals surface area contributed by atoms with E-state index in [0.717, 1.165) is 18.3 Å². The van der Waals surface area contributed by atoms with Gasteiger partial charge < -0.3 is 15.4 Å². The topological polar surface area (TPSA) is 45.7 Å². The Morgan fingerprint density at radius 3 is 2.38 bits per heavy atom. The molecule has 0 unspecified atom stereocenters.